The Morgan fingerprint density at radius 3 is 2.64 bits per heavy atom. The van der Waals surface area contributed by atoms with E-state index in [0.717, 1.165) is 31.7 Å². The van der Waals surface area contributed by atoms with Gasteiger partial charge in [-0.05, 0) is 62.1 Å². The number of nitrogens with two attached hydrogens (primary N) is 1. The van der Waals surface area contributed by atoms with Crippen LogP contribution < -0.4 is 15.8 Å². The molecule has 0 aliphatic heterocycles. The second-order valence-electron chi connectivity index (χ2n) is 6.53. The number of esters is 1. The number of amides is 1. The van der Waals surface area contributed by atoms with Crippen molar-refractivity contribution in [2.24, 2.45) is 0 Å². The van der Waals surface area contributed by atoms with E-state index in [9.17, 15) is 14.0 Å². The number of hydrogen-bond acceptors (Lipinski definition) is 5. The van der Waals surface area contributed by atoms with Crippen LogP contribution in [0.2, 0.25) is 5.02 Å². The molecule has 2 aromatic carbocycles. The quantitative estimate of drug-likeness (QED) is 0.554. The van der Waals surface area contributed by atoms with Gasteiger partial charge in [0.2, 0.25) is 0 Å². The molecule has 28 heavy (non-hydrogen) atoms. The molecule has 1 amide bonds. The minimum absolute atomic E-state index is 0.0530. The van der Waals surface area contributed by atoms with Gasteiger partial charge in [-0.15, -0.1) is 0 Å². The molecule has 2 aromatic rings. The highest BCUT2D eigenvalue weighted by atomic mass is 35.5. The van der Waals surface area contributed by atoms with Gasteiger partial charge >= 0.3 is 5.97 Å². The summed E-state index contributed by atoms with van der Waals surface area (Å²) in [6.45, 7) is -0.347. The van der Waals surface area contributed by atoms with Crippen LogP contribution >= 0.6 is 11.6 Å². The first-order valence-corrected chi connectivity index (χ1v) is 9.28. The van der Waals surface area contributed by atoms with Crippen molar-refractivity contribution in [3.05, 3.63) is 52.8 Å². The molecule has 1 fully saturated rings. The SMILES string of the molecule is Nc1ccc(C(=O)OC2CCCC2)cc1OCC(=O)Nc1ccc(F)c(Cl)c1. The number of hydrogen-bond donors (Lipinski definition) is 2. The number of rotatable bonds is 6. The largest absolute Gasteiger partial charge is 0.482 e. The molecule has 0 saturated heterocycles. The summed E-state index contributed by atoms with van der Waals surface area (Å²) in [6, 6.07) is 8.36. The van der Waals surface area contributed by atoms with E-state index in [1.54, 1.807) is 6.07 Å². The lowest BCUT2D eigenvalue weighted by molar-refractivity contribution is -0.118. The molecule has 0 spiro atoms. The number of nitrogens with one attached hydrogen (secondary N) is 1. The average molecular weight is 407 g/mol. The van der Waals surface area contributed by atoms with Crippen molar-refractivity contribution in [2.75, 3.05) is 17.7 Å². The first-order chi connectivity index (χ1) is 13.4. The van der Waals surface area contributed by atoms with Gasteiger partial charge in [0.15, 0.2) is 6.61 Å². The van der Waals surface area contributed by atoms with E-state index >= 15 is 0 Å². The maximum atomic E-state index is 13.2. The maximum Gasteiger partial charge on any atom is 0.338 e. The van der Waals surface area contributed by atoms with Gasteiger partial charge in [-0.3, -0.25) is 4.79 Å². The molecule has 1 aliphatic carbocycles. The smallest absolute Gasteiger partial charge is 0.338 e. The van der Waals surface area contributed by atoms with E-state index in [0.29, 0.717) is 11.3 Å². The molecular weight excluding hydrogens is 387 g/mol. The molecule has 0 aromatic heterocycles. The molecule has 3 rings (SSSR count). The van der Waals surface area contributed by atoms with E-state index < -0.39 is 17.7 Å². The van der Waals surface area contributed by atoms with E-state index in [4.69, 9.17) is 26.8 Å². The van der Waals surface area contributed by atoms with E-state index in [1.165, 1.54) is 24.3 Å². The lowest BCUT2D eigenvalue weighted by atomic mass is 10.2. The van der Waals surface area contributed by atoms with Crippen LogP contribution in [-0.2, 0) is 9.53 Å². The minimum Gasteiger partial charge on any atom is -0.482 e. The Morgan fingerprint density at radius 1 is 1.18 bits per heavy atom. The van der Waals surface area contributed by atoms with Gasteiger partial charge in [-0.1, -0.05) is 11.6 Å². The lowest BCUT2D eigenvalue weighted by Gasteiger charge is -2.13. The van der Waals surface area contributed by atoms with E-state index in [1.807, 2.05) is 0 Å². The molecule has 1 saturated carbocycles. The summed E-state index contributed by atoms with van der Waals surface area (Å²) in [5.74, 6) is -1.30. The zero-order valence-corrected chi connectivity index (χ0v) is 15.8. The molecule has 0 bridgehead atoms. The standard InChI is InChI=1S/C20H20ClFN2O4/c21-15-10-13(6-7-16(15)22)24-19(25)11-27-18-9-12(5-8-17(18)23)20(26)28-14-3-1-2-4-14/h5-10,14H,1-4,11,23H2,(H,24,25). The third kappa shape index (κ3) is 5.13. The third-order valence-corrected chi connectivity index (χ3v) is 4.68. The Kier molecular flexibility index (Phi) is 6.36. The van der Waals surface area contributed by atoms with Crippen molar-refractivity contribution >= 4 is 34.9 Å². The Balaban J connectivity index is 1.59. The highest BCUT2D eigenvalue weighted by Crippen LogP contribution is 2.26. The van der Waals surface area contributed by atoms with Crippen LogP contribution in [0.1, 0.15) is 36.0 Å². The number of nitrogen functional groups attached to an aromatic ring is 1. The second kappa shape index (κ2) is 8.93. The van der Waals surface area contributed by atoms with Crippen molar-refractivity contribution in [3.63, 3.8) is 0 Å². The molecule has 8 heteroatoms. The predicted molar refractivity (Wildman–Crippen MR) is 104 cm³/mol. The maximum absolute atomic E-state index is 13.2. The van der Waals surface area contributed by atoms with Crippen LogP contribution in [-0.4, -0.2) is 24.6 Å². The van der Waals surface area contributed by atoms with Gasteiger partial charge in [0.25, 0.3) is 5.91 Å². The predicted octanol–water partition coefficient (Wildman–Crippen LogP) is 4.18. The monoisotopic (exact) mass is 406 g/mol. The fraction of sp³-hybridized carbons (Fsp3) is 0.300. The topological polar surface area (TPSA) is 90.7 Å². The number of anilines is 2. The van der Waals surface area contributed by atoms with Crippen LogP contribution in [0.15, 0.2) is 36.4 Å². The third-order valence-electron chi connectivity index (χ3n) is 4.39. The van der Waals surface area contributed by atoms with Gasteiger partial charge in [0.05, 0.1) is 16.3 Å². The first kappa shape index (κ1) is 19.9. The normalized spacial score (nSPS) is 13.9. The highest BCUT2D eigenvalue weighted by Gasteiger charge is 2.21. The first-order valence-electron chi connectivity index (χ1n) is 8.90. The average Bonchev–Trinajstić information content (AvgIpc) is 3.17. The Labute approximate surface area is 166 Å². The summed E-state index contributed by atoms with van der Waals surface area (Å²) in [5.41, 5.74) is 6.79. The number of ether oxygens (including phenoxy) is 2. The van der Waals surface area contributed by atoms with E-state index in [-0.39, 0.29) is 29.2 Å². The summed E-state index contributed by atoms with van der Waals surface area (Å²) in [5, 5.41) is 2.44. The summed E-state index contributed by atoms with van der Waals surface area (Å²) in [6.07, 6.45) is 3.81. The molecular formula is C20H20ClFN2O4. The molecule has 0 heterocycles. The summed E-state index contributed by atoms with van der Waals surface area (Å²) >= 11 is 5.68. The van der Waals surface area contributed by atoms with Crippen molar-refractivity contribution in [3.8, 4) is 5.75 Å². The minimum atomic E-state index is -0.579. The van der Waals surface area contributed by atoms with Crippen LogP contribution in [0.5, 0.6) is 5.75 Å². The molecule has 0 atom stereocenters. The fourth-order valence-corrected chi connectivity index (χ4v) is 3.11. The Morgan fingerprint density at radius 2 is 1.93 bits per heavy atom. The zero-order valence-electron chi connectivity index (χ0n) is 15.0. The van der Waals surface area contributed by atoms with Crippen molar-refractivity contribution in [2.45, 2.75) is 31.8 Å². The molecule has 1 aliphatic rings. The van der Waals surface area contributed by atoms with Crippen molar-refractivity contribution in [1.82, 2.24) is 0 Å². The van der Waals surface area contributed by atoms with Crippen molar-refractivity contribution < 1.29 is 23.5 Å². The van der Waals surface area contributed by atoms with Crippen LogP contribution in [0.3, 0.4) is 0 Å². The zero-order chi connectivity index (χ0) is 20.1. The van der Waals surface area contributed by atoms with Crippen molar-refractivity contribution in [1.29, 1.82) is 0 Å². The second-order valence-corrected chi connectivity index (χ2v) is 6.94. The summed E-state index contributed by atoms with van der Waals surface area (Å²) in [4.78, 5) is 24.3. The number of carbonyl (C=O) groups is 2. The Bertz CT molecular complexity index is 885. The van der Waals surface area contributed by atoms with Gasteiger partial charge in [-0.2, -0.15) is 0 Å². The van der Waals surface area contributed by atoms with Gasteiger partial charge in [-0.25, -0.2) is 9.18 Å². The number of carbonyl (C=O) groups excluding carboxylic acids is 2. The molecule has 0 unspecified atom stereocenters. The fourth-order valence-electron chi connectivity index (χ4n) is 2.93. The summed E-state index contributed by atoms with van der Waals surface area (Å²) < 4.78 is 24.1. The molecule has 6 nitrogen and oxygen atoms in total. The van der Waals surface area contributed by atoms with Crippen LogP contribution in [0, 0.1) is 5.82 Å². The molecule has 3 N–H and O–H groups in total. The molecule has 148 valence electrons. The van der Waals surface area contributed by atoms with Gasteiger partial charge < -0.3 is 20.5 Å². The number of benzene rings is 2. The number of halogens is 2. The lowest BCUT2D eigenvalue weighted by Crippen LogP contribution is -2.21. The van der Waals surface area contributed by atoms with Crippen LogP contribution in [0.25, 0.3) is 0 Å². The highest BCUT2D eigenvalue weighted by molar-refractivity contribution is 6.31. The Hall–Kier alpha value is -2.80. The van der Waals surface area contributed by atoms with Gasteiger partial charge in [0.1, 0.15) is 17.7 Å². The van der Waals surface area contributed by atoms with E-state index in [2.05, 4.69) is 5.32 Å². The summed E-state index contributed by atoms with van der Waals surface area (Å²) in [7, 11) is 0. The molecule has 0 radical (unpaired) electrons. The van der Waals surface area contributed by atoms with Crippen LogP contribution in [0.4, 0.5) is 15.8 Å². The van der Waals surface area contributed by atoms with Gasteiger partial charge in [0, 0.05) is 5.69 Å².